The van der Waals surface area contributed by atoms with Crippen LogP contribution in [0.4, 0.5) is 0 Å². The van der Waals surface area contributed by atoms with Crippen LogP contribution in [0.2, 0.25) is 0 Å². The van der Waals surface area contributed by atoms with E-state index in [9.17, 15) is 4.79 Å². The summed E-state index contributed by atoms with van der Waals surface area (Å²) in [6.45, 7) is 6.16. The minimum Gasteiger partial charge on any atom is -0.491 e. The van der Waals surface area contributed by atoms with Crippen LogP contribution >= 0.6 is 12.4 Å². The third kappa shape index (κ3) is 8.18. The Balaban J connectivity index is 0.00000484. The molecular weight excluding hydrogens is 320 g/mol. The number of nitrogens with one attached hydrogen (secondary N) is 1. The maximum absolute atomic E-state index is 11.8. The average molecular weight is 347 g/mol. The van der Waals surface area contributed by atoms with Crippen LogP contribution in [-0.2, 0) is 20.8 Å². The van der Waals surface area contributed by atoms with Crippen molar-refractivity contribution in [1.29, 1.82) is 0 Å². The summed E-state index contributed by atoms with van der Waals surface area (Å²) in [4.78, 5) is 11.8. The zero-order chi connectivity index (χ0) is 16.4. The number of carbonyl (C=O) groups excluding carboxylic acids is 1. The standard InChI is InChI=1S/C16H26N2O4.ClH/c1-4-21-7-8-22-15-9-12(2)5-6-13(15)10-18-16(19)14(17)11-20-3;/h5-6,9,14H,4,7-8,10-11,17H2,1-3H3,(H,18,19);1H. The van der Waals surface area contributed by atoms with Crippen LogP contribution in [0.15, 0.2) is 18.2 Å². The lowest BCUT2D eigenvalue weighted by Crippen LogP contribution is -2.43. The molecule has 3 N–H and O–H groups in total. The summed E-state index contributed by atoms with van der Waals surface area (Å²) < 4.78 is 15.9. The van der Waals surface area contributed by atoms with Crippen LogP contribution in [0.1, 0.15) is 18.1 Å². The molecule has 1 rings (SSSR count). The zero-order valence-electron chi connectivity index (χ0n) is 14.0. The fourth-order valence-corrected chi connectivity index (χ4v) is 1.87. The summed E-state index contributed by atoms with van der Waals surface area (Å²) in [5.74, 6) is 0.503. The summed E-state index contributed by atoms with van der Waals surface area (Å²) in [5, 5.41) is 2.79. The summed E-state index contributed by atoms with van der Waals surface area (Å²) in [7, 11) is 1.51. The largest absolute Gasteiger partial charge is 0.491 e. The molecule has 0 saturated carbocycles. The average Bonchev–Trinajstić information content (AvgIpc) is 2.50. The molecule has 0 aromatic heterocycles. The zero-order valence-corrected chi connectivity index (χ0v) is 14.8. The Morgan fingerprint density at radius 2 is 2.09 bits per heavy atom. The summed E-state index contributed by atoms with van der Waals surface area (Å²) in [6, 6.07) is 5.19. The molecule has 1 aromatic rings. The summed E-state index contributed by atoms with van der Waals surface area (Å²) in [5.41, 5.74) is 7.68. The first-order chi connectivity index (χ1) is 10.6. The van der Waals surface area contributed by atoms with E-state index in [0.717, 1.165) is 16.9 Å². The number of halogens is 1. The monoisotopic (exact) mass is 346 g/mol. The summed E-state index contributed by atoms with van der Waals surface area (Å²) in [6.07, 6.45) is 0. The molecule has 132 valence electrons. The fourth-order valence-electron chi connectivity index (χ4n) is 1.87. The lowest BCUT2D eigenvalue weighted by atomic mass is 10.1. The minimum atomic E-state index is -0.669. The van der Waals surface area contributed by atoms with Crippen LogP contribution in [0.3, 0.4) is 0 Å². The SMILES string of the molecule is CCOCCOc1cc(C)ccc1CNC(=O)C(N)COC.Cl. The maximum atomic E-state index is 11.8. The van der Waals surface area contributed by atoms with Crippen LogP contribution in [0, 0.1) is 6.92 Å². The van der Waals surface area contributed by atoms with E-state index in [2.05, 4.69) is 5.32 Å². The molecule has 0 heterocycles. The Morgan fingerprint density at radius 3 is 2.74 bits per heavy atom. The fraction of sp³-hybridized carbons (Fsp3) is 0.562. The number of carbonyl (C=O) groups is 1. The molecule has 1 amide bonds. The van der Waals surface area contributed by atoms with E-state index in [-0.39, 0.29) is 24.9 Å². The van der Waals surface area contributed by atoms with Gasteiger partial charge in [-0.3, -0.25) is 4.79 Å². The van der Waals surface area contributed by atoms with Crippen molar-refractivity contribution in [2.24, 2.45) is 5.73 Å². The third-order valence-electron chi connectivity index (χ3n) is 3.05. The van der Waals surface area contributed by atoms with Gasteiger partial charge < -0.3 is 25.3 Å². The van der Waals surface area contributed by atoms with Gasteiger partial charge >= 0.3 is 0 Å². The van der Waals surface area contributed by atoms with Crippen molar-refractivity contribution in [3.63, 3.8) is 0 Å². The van der Waals surface area contributed by atoms with E-state index < -0.39 is 6.04 Å². The van der Waals surface area contributed by atoms with E-state index >= 15 is 0 Å². The van der Waals surface area contributed by atoms with E-state index in [1.54, 1.807) is 0 Å². The van der Waals surface area contributed by atoms with Gasteiger partial charge in [0.15, 0.2) is 0 Å². The van der Waals surface area contributed by atoms with Crippen LogP contribution in [-0.4, -0.2) is 45.5 Å². The lowest BCUT2D eigenvalue weighted by molar-refractivity contribution is -0.123. The molecule has 0 saturated heterocycles. The highest BCUT2D eigenvalue weighted by Crippen LogP contribution is 2.20. The molecule has 7 heteroatoms. The number of nitrogens with two attached hydrogens (primary N) is 1. The van der Waals surface area contributed by atoms with Crippen molar-refractivity contribution in [3.8, 4) is 5.75 Å². The number of aryl methyl sites for hydroxylation is 1. The second-order valence-electron chi connectivity index (χ2n) is 4.94. The summed E-state index contributed by atoms with van der Waals surface area (Å²) >= 11 is 0. The Hall–Kier alpha value is -1.34. The molecule has 6 nitrogen and oxygen atoms in total. The molecule has 0 aliphatic rings. The molecule has 23 heavy (non-hydrogen) atoms. The number of ether oxygens (including phenoxy) is 3. The van der Waals surface area contributed by atoms with Crippen molar-refractivity contribution in [2.75, 3.05) is 33.5 Å². The van der Waals surface area contributed by atoms with Gasteiger partial charge in [0.2, 0.25) is 5.91 Å². The van der Waals surface area contributed by atoms with Crippen LogP contribution in [0.5, 0.6) is 5.75 Å². The molecule has 0 aliphatic heterocycles. The molecule has 1 aromatic carbocycles. The number of rotatable bonds is 10. The van der Waals surface area contributed by atoms with Crippen molar-refractivity contribution < 1.29 is 19.0 Å². The normalized spacial score (nSPS) is 11.5. The van der Waals surface area contributed by atoms with Gasteiger partial charge in [-0.15, -0.1) is 12.4 Å². The van der Waals surface area contributed by atoms with Gasteiger partial charge in [0.05, 0.1) is 13.2 Å². The molecule has 1 atom stereocenters. The minimum absolute atomic E-state index is 0. The molecule has 0 fully saturated rings. The number of hydrogen-bond acceptors (Lipinski definition) is 5. The van der Waals surface area contributed by atoms with Gasteiger partial charge in [-0.25, -0.2) is 0 Å². The van der Waals surface area contributed by atoms with Gasteiger partial charge in [-0.05, 0) is 25.5 Å². The molecule has 0 spiro atoms. The van der Waals surface area contributed by atoms with E-state index in [4.69, 9.17) is 19.9 Å². The number of methoxy groups -OCH3 is 1. The Morgan fingerprint density at radius 1 is 1.35 bits per heavy atom. The highest BCUT2D eigenvalue weighted by molar-refractivity contribution is 5.85. The molecule has 1 unspecified atom stereocenters. The van der Waals surface area contributed by atoms with Crippen molar-refractivity contribution in [3.05, 3.63) is 29.3 Å². The first-order valence-electron chi connectivity index (χ1n) is 7.40. The molecule has 0 radical (unpaired) electrons. The Labute approximate surface area is 144 Å². The second-order valence-corrected chi connectivity index (χ2v) is 4.94. The quantitative estimate of drug-likeness (QED) is 0.626. The van der Waals surface area contributed by atoms with Crippen molar-refractivity contribution >= 4 is 18.3 Å². The van der Waals surface area contributed by atoms with Gasteiger partial charge in [-0.1, -0.05) is 12.1 Å². The van der Waals surface area contributed by atoms with Crippen LogP contribution < -0.4 is 15.8 Å². The second kappa shape index (κ2) is 12.1. The van der Waals surface area contributed by atoms with Crippen LogP contribution in [0.25, 0.3) is 0 Å². The molecular formula is C16H27ClN2O4. The predicted molar refractivity (Wildman–Crippen MR) is 92.1 cm³/mol. The predicted octanol–water partition coefficient (Wildman–Crippen LogP) is 1.42. The van der Waals surface area contributed by atoms with E-state index in [0.29, 0.717) is 26.4 Å². The maximum Gasteiger partial charge on any atom is 0.239 e. The van der Waals surface area contributed by atoms with Crippen molar-refractivity contribution in [1.82, 2.24) is 5.32 Å². The lowest BCUT2D eigenvalue weighted by Gasteiger charge is -2.15. The molecule has 0 bridgehead atoms. The Kier molecular flexibility index (Phi) is 11.4. The Bertz CT molecular complexity index is 471. The number of benzene rings is 1. The van der Waals surface area contributed by atoms with Gasteiger partial charge in [0, 0.05) is 25.8 Å². The van der Waals surface area contributed by atoms with Crippen molar-refractivity contribution in [2.45, 2.75) is 26.4 Å². The topological polar surface area (TPSA) is 82.8 Å². The van der Waals surface area contributed by atoms with E-state index in [1.807, 2.05) is 32.0 Å². The van der Waals surface area contributed by atoms with Gasteiger partial charge in [0.1, 0.15) is 18.4 Å². The third-order valence-corrected chi connectivity index (χ3v) is 3.05. The smallest absolute Gasteiger partial charge is 0.239 e. The highest BCUT2D eigenvalue weighted by Gasteiger charge is 2.13. The number of hydrogen-bond donors (Lipinski definition) is 2. The molecule has 0 aliphatic carbocycles. The van der Waals surface area contributed by atoms with Gasteiger partial charge in [-0.2, -0.15) is 0 Å². The van der Waals surface area contributed by atoms with Gasteiger partial charge in [0.25, 0.3) is 0 Å². The first-order valence-corrected chi connectivity index (χ1v) is 7.40. The first kappa shape index (κ1) is 21.7. The highest BCUT2D eigenvalue weighted by atomic mass is 35.5. The number of amides is 1. The van der Waals surface area contributed by atoms with E-state index in [1.165, 1.54) is 7.11 Å².